The molecule has 0 radical (unpaired) electrons. The Morgan fingerprint density at radius 2 is 2.14 bits per heavy atom. The van der Waals surface area contributed by atoms with Crippen LogP contribution in [0.2, 0.25) is 0 Å². The molecule has 78 valence electrons. The molecule has 0 aliphatic heterocycles. The summed E-state index contributed by atoms with van der Waals surface area (Å²) in [5.74, 6) is 1.20. The normalized spacial score (nSPS) is 12.9. The molecule has 1 heterocycles. The van der Waals surface area contributed by atoms with Gasteiger partial charge in [-0.25, -0.2) is 9.97 Å². The molecule has 1 atom stereocenters. The Morgan fingerprint density at radius 1 is 1.50 bits per heavy atom. The molecule has 14 heavy (non-hydrogen) atoms. The Labute approximate surface area is 92.0 Å². The molecule has 0 saturated carbocycles. The minimum atomic E-state index is 0.106. The van der Waals surface area contributed by atoms with Crippen molar-refractivity contribution in [2.45, 2.75) is 26.4 Å². The van der Waals surface area contributed by atoms with E-state index >= 15 is 0 Å². The van der Waals surface area contributed by atoms with E-state index in [1.54, 1.807) is 7.11 Å². The summed E-state index contributed by atoms with van der Waals surface area (Å²) in [6.07, 6.45) is 0.782. The van der Waals surface area contributed by atoms with Gasteiger partial charge in [0.15, 0.2) is 0 Å². The first-order valence-electron chi connectivity index (χ1n) is 4.36. The van der Waals surface area contributed by atoms with Gasteiger partial charge in [-0.15, -0.1) is 0 Å². The highest BCUT2D eigenvalue weighted by atomic mass is 79.9. The number of anilines is 1. The third-order valence-corrected chi connectivity index (χ3v) is 2.94. The van der Waals surface area contributed by atoms with Gasteiger partial charge in [-0.3, -0.25) is 0 Å². The van der Waals surface area contributed by atoms with Crippen LogP contribution in [0.15, 0.2) is 4.47 Å². The quantitative estimate of drug-likeness (QED) is 0.898. The molecule has 1 unspecified atom stereocenters. The molecule has 0 aliphatic rings. The van der Waals surface area contributed by atoms with Crippen molar-refractivity contribution >= 4 is 21.7 Å². The van der Waals surface area contributed by atoms with E-state index in [1.165, 1.54) is 0 Å². The van der Waals surface area contributed by atoms with Gasteiger partial charge in [0.1, 0.15) is 11.6 Å². The van der Waals surface area contributed by atoms with Gasteiger partial charge < -0.3 is 10.5 Å². The van der Waals surface area contributed by atoms with Crippen LogP contribution in [0.1, 0.15) is 18.4 Å². The minimum absolute atomic E-state index is 0.106. The summed E-state index contributed by atoms with van der Waals surface area (Å²) < 4.78 is 5.90. The van der Waals surface area contributed by atoms with E-state index in [-0.39, 0.29) is 6.10 Å². The highest BCUT2D eigenvalue weighted by Crippen LogP contribution is 2.20. The number of aromatic nitrogens is 2. The Balaban J connectivity index is 2.89. The van der Waals surface area contributed by atoms with Gasteiger partial charge in [0, 0.05) is 13.5 Å². The van der Waals surface area contributed by atoms with E-state index < -0.39 is 0 Å². The largest absolute Gasteiger partial charge is 0.383 e. The zero-order valence-electron chi connectivity index (χ0n) is 8.54. The number of aryl methyl sites for hydroxylation is 1. The van der Waals surface area contributed by atoms with Crippen LogP contribution in [0.4, 0.5) is 5.82 Å². The van der Waals surface area contributed by atoms with Crippen molar-refractivity contribution in [2.24, 2.45) is 0 Å². The van der Waals surface area contributed by atoms with Crippen molar-refractivity contribution in [3.63, 3.8) is 0 Å². The topological polar surface area (TPSA) is 61.0 Å². The molecular formula is C9H14BrN3O. The van der Waals surface area contributed by atoms with E-state index in [1.807, 2.05) is 13.8 Å². The number of hydrogen-bond donors (Lipinski definition) is 1. The number of halogens is 1. The van der Waals surface area contributed by atoms with Crippen LogP contribution in [0.3, 0.4) is 0 Å². The average Bonchev–Trinajstić information content (AvgIpc) is 2.14. The average molecular weight is 260 g/mol. The molecule has 1 aromatic rings. The van der Waals surface area contributed by atoms with Crippen molar-refractivity contribution in [1.29, 1.82) is 0 Å². The predicted octanol–water partition coefficient (Wildman–Crippen LogP) is 1.71. The van der Waals surface area contributed by atoms with Crippen molar-refractivity contribution in [1.82, 2.24) is 9.97 Å². The lowest BCUT2D eigenvalue weighted by Gasteiger charge is -2.09. The molecule has 0 saturated heterocycles. The third-order valence-electron chi connectivity index (χ3n) is 1.96. The molecule has 5 heteroatoms. The zero-order valence-corrected chi connectivity index (χ0v) is 10.1. The van der Waals surface area contributed by atoms with Crippen LogP contribution < -0.4 is 5.73 Å². The lowest BCUT2D eigenvalue weighted by molar-refractivity contribution is 0.117. The van der Waals surface area contributed by atoms with Gasteiger partial charge in [-0.2, -0.15) is 0 Å². The van der Waals surface area contributed by atoms with E-state index in [4.69, 9.17) is 10.5 Å². The number of nitrogens with zero attached hydrogens (tertiary/aromatic N) is 2. The Bertz CT molecular complexity index is 307. The van der Waals surface area contributed by atoms with E-state index in [0.717, 1.165) is 16.0 Å². The molecule has 0 aromatic carbocycles. The summed E-state index contributed by atoms with van der Waals surface area (Å²) >= 11 is 3.32. The maximum absolute atomic E-state index is 5.70. The molecule has 0 aliphatic carbocycles. The molecule has 1 rings (SSSR count). The monoisotopic (exact) mass is 259 g/mol. The second-order valence-corrected chi connectivity index (χ2v) is 3.97. The number of ether oxygens (including phenoxy) is 1. The molecule has 4 nitrogen and oxygen atoms in total. The number of rotatable bonds is 3. The van der Waals surface area contributed by atoms with Gasteiger partial charge in [0.25, 0.3) is 0 Å². The molecule has 0 fully saturated rings. The number of hydrogen-bond acceptors (Lipinski definition) is 4. The smallest absolute Gasteiger partial charge is 0.141 e. The van der Waals surface area contributed by atoms with Gasteiger partial charge in [0.05, 0.1) is 16.3 Å². The van der Waals surface area contributed by atoms with Crippen LogP contribution in [0.5, 0.6) is 0 Å². The van der Waals surface area contributed by atoms with Crippen LogP contribution in [0, 0.1) is 6.92 Å². The van der Waals surface area contributed by atoms with Crippen molar-refractivity contribution in [3.8, 4) is 0 Å². The third kappa shape index (κ3) is 2.65. The Morgan fingerprint density at radius 3 is 2.64 bits per heavy atom. The summed E-state index contributed by atoms with van der Waals surface area (Å²) in [6, 6.07) is 0. The molecule has 0 amide bonds. The van der Waals surface area contributed by atoms with Crippen LogP contribution in [0.25, 0.3) is 0 Å². The fraction of sp³-hybridized carbons (Fsp3) is 0.556. The fourth-order valence-corrected chi connectivity index (χ4v) is 1.25. The standard InChI is InChI=1S/C9H14BrN3O/c1-5(14-3)4-7-12-6(2)8(10)9(11)13-7/h5H,4H2,1-3H3,(H2,11,12,13). The first kappa shape index (κ1) is 11.4. The first-order chi connectivity index (χ1) is 6.54. The minimum Gasteiger partial charge on any atom is -0.383 e. The van der Waals surface area contributed by atoms with Gasteiger partial charge in [-0.1, -0.05) is 0 Å². The van der Waals surface area contributed by atoms with Gasteiger partial charge >= 0.3 is 0 Å². The lowest BCUT2D eigenvalue weighted by atomic mass is 10.2. The summed E-state index contributed by atoms with van der Waals surface area (Å²) in [6.45, 7) is 3.86. The van der Waals surface area contributed by atoms with Crippen LogP contribution in [-0.4, -0.2) is 23.2 Å². The fourth-order valence-electron chi connectivity index (χ4n) is 1.07. The van der Waals surface area contributed by atoms with Crippen molar-refractivity contribution in [2.75, 3.05) is 12.8 Å². The predicted molar refractivity (Wildman–Crippen MR) is 59.1 cm³/mol. The Hall–Kier alpha value is -0.680. The second kappa shape index (κ2) is 4.70. The van der Waals surface area contributed by atoms with Gasteiger partial charge in [0.2, 0.25) is 0 Å². The number of methoxy groups -OCH3 is 1. The number of nitrogens with two attached hydrogens (primary N) is 1. The summed E-state index contributed by atoms with van der Waals surface area (Å²) in [5.41, 5.74) is 6.56. The van der Waals surface area contributed by atoms with E-state index in [2.05, 4.69) is 25.9 Å². The van der Waals surface area contributed by atoms with Crippen molar-refractivity contribution < 1.29 is 4.74 Å². The second-order valence-electron chi connectivity index (χ2n) is 3.17. The SMILES string of the molecule is COC(C)Cc1nc(C)c(Br)c(N)n1. The summed E-state index contributed by atoms with van der Waals surface area (Å²) in [7, 11) is 1.67. The van der Waals surface area contributed by atoms with E-state index in [0.29, 0.717) is 12.2 Å². The summed E-state index contributed by atoms with van der Waals surface area (Å²) in [5, 5.41) is 0. The molecule has 0 bridgehead atoms. The lowest BCUT2D eigenvalue weighted by Crippen LogP contribution is -2.13. The number of nitrogen functional groups attached to an aromatic ring is 1. The molecular weight excluding hydrogens is 246 g/mol. The first-order valence-corrected chi connectivity index (χ1v) is 5.15. The molecule has 2 N–H and O–H groups in total. The van der Waals surface area contributed by atoms with Crippen LogP contribution >= 0.6 is 15.9 Å². The van der Waals surface area contributed by atoms with Crippen molar-refractivity contribution in [3.05, 3.63) is 16.0 Å². The highest BCUT2D eigenvalue weighted by molar-refractivity contribution is 9.10. The Kier molecular flexibility index (Phi) is 3.83. The van der Waals surface area contributed by atoms with E-state index in [9.17, 15) is 0 Å². The molecule has 0 spiro atoms. The van der Waals surface area contributed by atoms with Gasteiger partial charge in [-0.05, 0) is 29.8 Å². The van der Waals surface area contributed by atoms with Crippen LogP contribution in [-0.2, 0) is 11.2 Å². The molecule has 1 aromatic heterocycles. The maximum atomic E-state index is 5.70. The summed E-state index contributed by atoms with van der Waals surface area (Å²) in [4.78, 5) is 8.46. The zero-order chi connectivity index (χ0) is 10.7. The maximum Gasteiger partial charge on any atom is 0.141 e. The highest BCUT2D eigenvalue weighted by Gasteiger charge is 2.09.